The van der Waals surface area contributed by atoms with E-state index in [1.165, 1.54) is 0 Å². The molecule has 9 nitrogen and oxygen atoms in total. The molecule has 1 aliphatic heterocycles. The van der Waals surface area contributed by atoms with Gasteiger partial charge >= 0.3 is 0 Å². The van der Waals surface area contributed by atoms with Crippen LogP contribution in [0.4, 0.5) is 20.3 Å². The lowest BCUT2D eigenvalue weighted by atomic mass is 10.0. The Bertz CT molecular complexity index is 1460. The van der Waals surface area contributed by atoms with E-state index < -0.39 is 17.9 Å². The van der Waals surface area contributed by atoms with Crippen molar-refractivity contribution >= 4 is 51.5 Å². The number of aliphatic imine (C=N–C) groups is 1. The molecular formula is C21H17ClF2N8O. The van der Waals surface area contributed by atoms with Crippen molar-refractivity contribution in [1.29, 1.82) is 0 Å². The fraction of sp³-hybridized carbons (Fsp3) is 0.238. The van der Waals surface area contributed by atoms with Crippen LogP contribution in [0.1, 0.15) is 6.42 Å². The minimum Gasteiger partial charge on any atom is -0.354 e. The Labute approximate surface area is 190 Å². The first-order valence-electron chi connectivity index (χ1n) is 10.3. The van der Waals surface area contributed by atoms with Crippen LogP contribution in [0.15, 0.2) is 35.7 Å². The van der Waals surface area contributed by atoms with Gasteiger partial charge < -0.3 is 20.4 Å². The number of amides is 1. The van der Waals surface area contributed by atoms with Crippen LogP contribution in [-0.4, -0.2) is 50.7 Å². The molecule has 1 saturated carbocycles. The third kappa shape index (κ3) is 3.35. The monoisotopic (exact) mass is 470 g/mol. The highest BCUT2D eigenvalue weighted by Crippen LogP contribution is 2.41. The van der Waals surface area contributed by atoms with Crippen molar-refractivity contribution in [3.8, 4) is 11.1 Å². The number of benzene rings is 1. The maximum Gasteiger partial charge on any atom is 0.231 e. The highest BCUT2D eigenvalue weighted by molar-refractivity contribution is 6.36. The van der Waals surface area contributed by atoms with Gasteiger partial charge in [-0.25, -0.2) is 13.8 Å². The molecule has 1 aromatic carbocycles. The Balaban J connectivity index is 1.40. The predicted molar refractivity (Wildman–Crippen MR) is 121 cm³/mol. The number of hydrogen-bond donors (Lipinski definition) is 4. The number of aromatic amines is 1. The molecule has 0 bridgehead atoms. The maximum absolute atomic E-state index is 15.4. The average Bonchev–Trinajstić information content (AvgIpc) is 3.22. The van der Waals surface area contributed by atoms with Crippen LogP contribution in [0.5, 0.6) is 0 Å². The lowest BCUT2D eigenvalue weighted by molar-refractivity contribution is -0.117. The van der Waals surface area contributed by atoms with Crippen LogP contribution in [0.2, 0.25) is 5.02 Å². The number of carbonyl (C=O) groups excluding carboxylic acids is 1. The van der Waals surface area contributed by atoms with Gasteiger partial charge in [-0.05, 0) is 18.6 Å². The first-order valence-corrected chi connectivity index (χ1v) is 10.7. The number of fused-ring (bicyclic) bond motifs is 2. The highest BCUT2D eigenvalue weighted by atomic mass is 35.5. The minimum absolute atomic E-state index is 0.0688. The van der Waals surface area contributed by atoms with E-state index in [0.29, 0.717) is 52.5 Å². The van der Waals surface area contributed by atoms with E-state index in [-0.39, 0.29) is 23.0 Å². The zero-order valence-corrected chi connectivity index (χ0v) is 17.7. The third-order valence-corrected chi connectivity index (χ3v) is 6.10. The predicted octanol–water partition coefficient (Wildman–Crippen LogP) is 3.34. The van der Waals surface area contributed by atoms with E-state index in [9.17, 15) is 9.18 Å². The van der Waals surface area contributed by atoms with Crippen molar-refractivity contribution in [1.82, 2.24) is 24.9 Å². The Morgan fingerprint density at radius 1 is 1.30 bits per heavy atom. The molecule has 168 valence electrons. The van der Waals surface area contributed by atoms with E-state index in [2.05, 4.69) is 36.1 Å². The second-order valence-electron chi connectivity index (χ2n) is 7.98. The normalized spacial score (nSPS) is 19.5. The molecule has 0 radical (unpaired) electrons. The zero-order chi connectivity index (χ0) is 22.7. The van der Waals surface area contributed by atoms with E-state index in [1.54, 1.807) is 35.1 Å². The summed E-state index contributed by atoms with van der Waals surface area (Å²) in [6.07, 6.45) is 4.08. The summed E-state index contributed by atoms with van der Waals surface area (Å²) in [6, 6.07) is 3.48. The molecular weight excluding hydrogens is 454 g/mol. The molecule has 1 aliphatic carbocycles. The highest BCUT2D eigenvalue weighted by Gasteiger charge is 2.43. The number of rotatable bonds is 4. The zero-order valence-electron chi connectivity index (χ0n) is 17.0. The van der Waals surface area contributed by atoms with Crippen LogP contribution >= 0.6 is 11.6 Å². The summed E-state index contributed by atoms with van der Waals surface area (Å²) in [6.45, 7) is 1.27. The number of imidazole rings is 1. The summed E-state index contributed by atoms with van der Waals surface area (Å²) in [4.78, 5) is 20.6. The second kappa shape index (κ2) is 7.41. The number of aromatic nitrogens is 4. The van der Waals surface area contributed by atoms with Crippen molar-refractivity contribution in [2.75, 3.05) is 23.7 Å². The molecule has 0 spiro atoms. The van der Waals surface area contributed by atoms with Crippen molar-refractivity contribution in [2.24, 2.45) is 10.9 Å². The molecule has 12 heteroatoms. The summed E-state index contributed by atoms with van der Waals surface area (Å²) in [5.74, 6) is -0.858. The molecule has 1 fully saturated rings. The summed E-state index contributed by atoms with van der Waals surface area (Å²) in [5, 5.41) is 16.1. The minimum atomic E-state index is -1.09. The largest absolute Gasteiger partial charge is 0.354 e. The Hall–Kier alpha value is -3.73. The van der Waals surface area contributed by atoms with Crippen LogP contribution in [0, 0.1) is 11.7 Å². The first kappa shape index (κ1) is 19.9. The number of hydrogen-bond acceptors (Lipinski definition) is 6. The number of nitrogens with zero attached hydrogens (tertiary/aromatic N) is 4. The smallest absolute Gasteiger partial charge is 0.231 e. The molecule has 1 amide bonds. The van der Waals surface area contributed by atoms with Crippen molar-refractivity contribution in [2.45, 2.75) is 12.6 Å². The quantitative estimate of drug-likeness (QED) is 0.365. The Morgan fingerprint density at radius 2 is 2.15 bits per heavy atom. The molecule has 2 aliphatic rings. The van der Waals surface area contributed by atoms with Gasteiger partial charge in [-0.1, -0.05) is 11.6 Å². The molecule has 4 N–H and O–H groups in total. The molecule has 4 aromatic rings. The number of halogens is 3. The average molecular weight is 471 g/mol. The standard InChI is InChI=1S/C21H17ClF2N8O/c22-16-15(11-6-27-31-18(11)19(17(16)24)30-21-25-3-4-26-21)9-1-2-14-28-13(8-32(14)7-9)29-20(33)10-5-12(10)23/h1-2,6-8,10,12H,3-5H2,(H,27,31)(H,29,33)(H2,25,26,30)/t10-,12+/m1/s1. The van der Waals surface area contributed by atoms with Gasteiger partial charge in [0, 0.05) is 29.3 Å². The van der Waals surface area contributed by atoms with Gasteiger partial charge in [0.2, 0.25) is 5.91 Å². The number of pyridine rings is 1. The number of alkyl halides is 1. The molecule has 4 heterocycles. The number of anilines is 2. The van der Waals surface area contributed by atoms with Crippen molar-refractivity contribution in [3.63, 3.8) is 0 Å². The van der Waals surface area contributed by atoms with Crippen LogP contribution in [0.3, 0.4) is 0 Å². The molecule has 33 heavy (non-hydrogen) atoms. The van der Waals surface area contributed by atoms with Crippen LogP contribution in [-0.2, 0) is 4.79 Å². The van der Waals surface area contributed by atoms with Crippen LogP contribution in [0.25, 0.3) is 27.7 Å². The lowest BCUT2D eigenvalue weighted by Gasteiger charge is -2.14. The first-order chi connectivity index (χ1) is 16.0. The third-order valence-electron chi connectivity index (χ3n) is 5.75. The van der Waals surface area contributed by atoms with Gasteiger partial charge in [-0.3, -0.25) is 14.9 Å². The van der Waals surface area contributed by atoms with Gasteiger partial charge in [0.15, 0.2) is 17.6 Å². The van der Waals surface area contributed by atoms with E-state index in [0.717, 1.165) is 0 Å². The Kier molecular flexibility index (Phi) is 4.47. The molecule has 6 rings (SSSR count). The fourth-order valence-electron chi connectivity index (χ4n) is 3.97. The lowest BCUT2D eigenvalue weighted by Crippen LogP contribution is -2.26. The fourth-order valence-corrected chi connectivity index (χ4v) is 4.27. The topological polar surface area (TPSA) is 112 Å². The molecule has 2 atom stereocenters. The van der Waals surface area contributed by atoms with Gasteiger partial charge in [0.25, 0.3) is 0 Å². The van der Waals surface area contributed by atoms with Crippen molar-refractivity contribution in [3.05, 3.63) is 41.6 Å². The number of H-pyrrole nitrogens is 1. The van der Waals surface area contributed by atoms with Gasteiger partial charge in [0.1, 0.15) is 17.5 Å². The SMILES string of the molecule is O=C(Nc1cn2cc(-c3c(Cl)c(F)c(NC4=NCCN4)c4[nH]ncc34)ccc2n1)[C@@H]1C[C@@H]1F. The van der Waals surface area contributed by atoms with Gasteiger partial charge in [-0.2, -0.15) is 5.10 Å². The van der Waals surface area contributed by atoms with E-state index >= 15 is 4.39 Å². The van der Waals surface area contributed by atoms with Crippen LogP contribution < -0.4 is 16.0 Å². The molecule has 0 unspecified atom stereocenters. The summed E-state index contributed by atoms with van der Waals surface area (Å²) >= 11 is 6.50. The van der Waals surface area contributed by atoms with Gasteiger partial charge in [0.05, 0.1) is 35.4 Å². The Morgan fingerprint density at radius 3 is 2.91 bits per heavy atom. The molecule has 3 aromatic heterocycles. The number of guanidine groups is 1. The summed E-state index contributed by atoms with van der Waals surface area (Å²) < 4.78 is 30.2. The van der Waals surface area contributed by atoms with Gasteiger partial charge in [-0.15, -0.1) is 0 Å². The number of nitrogens with one attached hydrogen (secondary N) is 4. The van der Waals surface area contributed by atoms with E-state index in [1.807, 2.05) is 0 Å². The maximum atomic E-state index is 15.4. The summed E-state index contributed by atoms with van der Waals surface area (Å²) in [5.41, 5.74) is 2.26. The molecule has 0 saturated heterocycles. The van der Waals surface area contributed by atoms with E-state index in [4.69, 9.17) is 11.6 Å². The second-order valence-corrected chi connectivity index (χ2v) is 8.35. The number of carbonyl (C=O) groups is 1. The summed E-state index contributed by atoms with van der Waals surface area (Å²) in [7, 11) is 0. The van der Waals surface area contributed by atoms with Crippen molar-refractivity contribution < 1.29 is 13.6 Å².